The van der Waals surface area contributed by atoms with Gasteiger partial charge in [-0.15, -0.1) is 0 Å². The van der Waals surface area contributed by atoms with Crippen LogP contribution < -0.4 is 0 Å². The Bertz CT molecular complexity index is 945. The number of aryl methyl sites for hydroxylation is 1. The van der Waals surface area contributed by atoms with Crippen LogP contribution in [0.25, 0.3) is 0 Å². The maximum Gasteiger partial charge on any atom is 0.490 e. The quantitative estimate of drug-likeness (QED) is 0.741. The van der Waals surface area contributed by atoms with Crippen molar-refractivity contribution in [1.29, 1.82) is 0 Å². The molecule has 10 heteroatoms. The van der Waals surface area contributed by atoms with Gasteiger partial charge in [-0.1, -0.05) is 23.8 Å². The summed E-state index contributed by atoms with van der Waals surface area (Å²) in [5.74, 6) is -2.68. The van der Waals surface area contributed by atoms with E-state index in [4.69, 9.17) is 19.4 Å². The number of alkyl halides is 3. The molecule has 1 N–H and O–H groups in total. The maximum atomic E-state index is 12.6. The molecule has 1 atom stereocenters. The first kappa shape index (κ1) is 24.7. The lowest BCUT2D eigenvalue weighted by molar-refractivity contribution is -0.192. The molecular formula is C23H25F3N2O5. The zero-order chi connectivity index (χ0) is 24.1. The van der Waals surface area contributed by atoms with Gasteiger partial charge in [0.1, 0.15) is 5.60 Å². The summed E-state index contributed by atoms with van der Waals surface area (Å²) in [6, 6.07) is 13.6. The third-order valence-corrected chi connectivity index (χ3v) is 5.43. The predicted octanol–water partition coefficient (Wildman–Crippen LogP) is 3.61. The van der Waals surface area contributed by atoms with Gasteiger partial charge in [0.25, 0.3) is 5.91 Å². The van der Waals surface area contributed by atoms with E-state index in [0.717, 1.165) is 29.7 Å². The van der Waals surface area contributed by atoms with E-state index >= 15 is 0 Å². The Kier molecular flexibility index (Phi) is 7.70. The number of rotatable bonds is 4. The fourth-order valence-electron chi connectivity index (χ4n) is 3.70. The molecule has 1 unspecified atom stereocenters. The molecular weight excluding hydrogens is 441 g/mol. The summed E-state index contributed by atoms with van der Waals surface area (Å²) in [6.45, 7) is 4.51. The van der Waals surface area contributed by atoms with Gasteiger partial charge in [-0.05, 0) is 37.6 Å². The van der Waals surface area contributed by atoms with Gasteiger partial charge in [0.2, 0.25) is 0 Å². The highest BCUT2D eigenvalue weighted by molar-refractivity contribution is 5.95. The normalized spacial score (nSPS) is 19.3. The van der Waals surface area contributed by atoms with Crippen molar-refractivity contribution in [2.75, 3.05) is 19.7 Å². The van der Waals surface area contributed by atoms with Gasteiger partial charge in [-0.2, -0.15) is 13.2 Å². The van der Waals surface area contributed by atoms with Crippen molar-refractivity contribution >= 4 is 11.9 Å². The molecule has 1 spiro atoms. The number of nitrogens with zero attached hydrogens (tertiary/aromatic N) is 2. The largest absolute Gasteiger partial charge is 0.490 e. The van der Waals surface area contributed by atoms with Gasteiger partial charge < -0.3 is 19.5 Å². The average molecular weight is 466 g/mol. The van der Waals surface area contributed by atoms with Crippen molar-refractivity contribution in [3.05, 3.63) is 65.5 Å². The number of hydrogen-bond acceptors (Lipinski definition) is 5. The molecule has 1 amide bonds. The highest BCUT2D eigenvalue weighted by Crippen LogP contribution is 2.36. The van der Waals surface area contributed by atoms with Crippen LogP contribution in [-0.4, -0.2) is 64.4 Å². The summed E-state index contributed by atoms with van der Waals surface area (Å²) in [4.78, 5) is 27.6. The van der Waals surface area contributed by atoms with Gasteiger partial charge in [0.15, 0.2) is 0 Å². The average Bonchev–Trinajstić information content (AvgIpc) is 2.77. The standard InChI is InChI=1S/C21H24N2O3.C2HF3O2/c1-16-5-7-17(8-6-16)20(24)23-14-21(15-23)12-19(9-11-26-21)25-13-18-4-2-3-10-22-18;3-2(4,5)1(6)7/h2-8,10,19H,9,11-15H2,1H3;(H,6,7). The lowest BCUT2D eigenvalue weighted by Crippen LogP contribution is -2.67. The van der Waals surface area contributed by atoms with Crippen molar-refractivity contribution < 1.29 is 37.3 Å². The minimum atomic E-state index is -5.08. The molecule has 178 valence electrons. The first-order valence-electron chi connectivity index (χ1n) is 10.4. The second-order valence-electron chi connectivity index (χ2n) is 8.11. The molecule has 0 bridgehead atoms. The zero-order valence-corrected chi connectivity index (χ0v) is 18.0. The first-order valence-corrected chi connectivity index (χ1v) is 10.4. The predicted molar refractivity (Wildman–Crippen MR) is 112 cm³/mol. The van der Waals surface area contributed by atoms with Crippen molar-refractivity contribution in [3.63, 3.8) is 0 Å². The fourth-order valence-corrected chi connectivity index (χ4v) is 3.70. The van der Waals surface area contributed by atoms with Gasteiger partial charge in [-0.25, -0.2) is 4.79 Å². The molecule has 2 aromatic rings. The van der Waals surface area contributed by atoms with E-state index in [1.807, 2.05) is 54.3 Å². The maximum absolute atomic E-state index is 12.6. The Hall–Kier alpha value is -2.98. The number of likely N-dealkylation sites (tertiary alicyclic amines) is 1. The van der Waals surface area contributed by atoms with Crippen LogP contribution in [0.2, 0.25) is 0 Å². The third kappa shape index (κ3) is 6.75. The van der Waals surface area contributed by atoms with E-state index < -0.39 is 12.1 Å². The van der Waals surface area contributed by atoms with Crippen LogP contribution in [0.3, 0.4) is 0 Å². The fraction of sp³-hybridized carbons (Fsp3) is 0.435. The molecule has 4 rings (SSSR count). The lowest BCUT2D eigenvalue weighted by Gasteiger charge is -2.53. The van der Waals surface area contributed by atoms with E-state index in [-0.39, 0.29) is 17.6 Å². The van der Waals surface area contributed by atoms with Gasteiger partial charge in [0.05, 0.1) is 31.5 Å². The smallest absolute Gasteiger partial charge is 0.475 e. The Labute approximate surface area is 189 Å². The lowest BCUT2D eigenvalue weighted by atomic mass is 9.84. The number of carboxylic acids is 1. The van der Waals surface area contributed by atoms with Crippen LogP contribution in [-0.2, 0) is 20.9 Å². The summed E-state index contributed by atoms with van der Waals surface area (Å²) in [5, 5.41) is 7.12. The molecule has 1 aromatic carbocycles. The molecule has 7 nitrogen and oxygen atoms in total. The summed E-state index contributed by atoms with van der Waals surface area (Å²) in [5.41, 5.74) is 2.60. The Morgan fingerprint density at radius 3 is 2.45 bits per heavy atom. The highest BCUT2D eigenvalue weighted by atomic mass is 19.4. The Morgan fingerprint density at radius 1 is 1.21 bits per heavy atom. The number of carboxylic acid groups (broad SMARTS) is 1. The molecule has 33 heavy (non-hydrogen) atoms. The van der Waals surface area contributed by atoms with Crippen molar-refractivity contribution in [2.45, 2.75) is 44.3 Å². The number of amides is 1. The van der Waals surface area contributed by atoms with Crippen molar-refractivity contribution in [2.24, 2.45) is 0 Å². The first-order chi connectivity index (χ1) is 15.6. The topological polar surface area (TPSA) is 89.0 Å². The van der Waals surface area contributed by atoms with Crippen LogP contribution in [0.15, 0.2) is 48.7 Å². The number of hydrogen-bond donors (Lipinski definition) is 1. The summed E-state index contributed by atoms with van der Waals surface area (Å²) in [6.07, 6.45) is -1.43. The van der Waals surface area contributed by atoms with E-state index in [0.29, 0.717) is 26.3 Å². The van der Waals surface area contributed by atoms with E-state index in [9.17, 15) is 18.0 Å². The second-order valence-corrected chi connectivity index (χ2v) is 8.11. The van der Waals surface area contributed by atoms with E-state index in [2.05, 4.69) is 4.98 Å². The molecule has 0 aliphatic carbocycles. The number of benzene rings is 1. The van der Waals surface area contributed by atoms with Crippen LogP contribution in [0.4, 0.5) is 13.2 Å². The van der Waals surface area contributed by atoms with Gasteiger partial charge >= 0.3 is 12.1 Å². The number of halogens is 3. The monoisotopic (exact) mass is 466 g/mol. The number of pyridine rings is 1. The molecule has 2 aliphatic heterocycles. The van der Waals surface area contributed by atoms with Gasteiger partial charge in [-0.3, -0.25) is 9.78 Å². The van der Waals surface area contributed by atoms with Crippen molar-refractivity contribution in [1.82, 2.24) is 9.88 Å². The summed E-state index contributed by atoms with van der Waals surface area (Å²) in [7, 11) is 0. The molecule has 0 saturated carbocycles. The Balaban J connectivity index is 0.000000383. The molecule has 2 saturated heterocycles. The highest BCUT2D eigenvalue weighted by Gasteiger charge is 2.49. The number of aromatic nitrogens is 1. The van der Waals surface area contributed by atoms with Crippen molar-refractivity contribution in [3.8, 4) is 0 Å². The van der Waals surface area contributed by atoms with Crippen LogP contribution >= 0.6 is 0 Å². The van der Waals surface area contributed by atoms with Crippen LogP contribution in [0.1, 0.15) is 34.5 Å². The summed E-state index contributed by atoms with van der Waals surface area (Å²) >= 11 is 0. The van der Waals surface area contributed by atoms with Crippen LogP contribution in [0.5, 0.6) is 0 Å². The number of carbonyl (C=O) groups is 2. The second kappa shape index (κ2) is 10.3. The zero-order valence-electron chi connectivity index (χ0n) is 18.0. The summed E-state index contributed by atoms with van der Waals surface area (Å²) < 4.78 is 43.8. The molecule has 1 aromatic heterocycles. The minimum Gasteiger partial charge on any atom is -0.475 e. The number of carbonyl (C=O) groups excluding carboxylic acids is 1. The third-order valence-electron chi connectivity index (χ3n) is 5.43. The van der Waals surface area contributed by atoms with E-state index in [1.165, 1.54) is 0 Å². The molecule has 3 heterocycles. The van der Waals surface area contributed by atoms with Gasteiger partial charge in [0, 0.05) is 24.8 Å². The minimum absolute atomic E-state index is 0.0794. The Morgan fingerprint density at radius 2 is 1.88 bits per heavy atom. The van der Waals surface area contributed by atoms with Crippen LogP contribution in [0, 0.1) is 6.92 Å². The molecule has 0 radical (unpaired) electrons. The van der Waals surface area contributed by atoms with E-state index in [1.54, 1.807) is 6.20 Å². The number of ether oxygens (including phenoxy) is 2. The molecule has 2 fully saturated rings. The SMILES string of the molecule is Cc1ccc(C(=O)N2CC3(CC(OCc4ccccn4)CCO3)C2)cc1.O=C(O)C(F)(F)F. The number of aliphatic carboxylic acids is 1. The molecule has 2 aliphatic rings.